The van der Waals surface area contributed by atoms with E-state index in [-0.39, 0.29) is 24.1 Å². The van der Waals surface area contributed by atoms with Gasteiger partial charge < -0.3 is 23.3 Å². The molecule has 0 N–H and O–H groups in total. The van der Waals surface area contributed by atoms with E-state index in [0.717, 1.165) is 83.5 Å². The second-order valence-corrected chi connectivity index (χ2v) is 15.3. The second-order valence-electron chi connectivity index (χ2n) is 13.9. The number of likely N-dealkylation sites (tertiary alicyclic amines) is 1. The monoisotopic (exact) mass is 726 g/mol. The minimum atomic E-state index is -1.33. The first-order valence-electron chi connectivity index (χ1n) is 19.1. The fraction of sp³-hybridized carbons (Fsp3) is 0.500. The smallest absolute Gasteiger partial charge is 0.259 e. The summed E-state index contributed by atoms with van der Waals surface area (Å²) in [4.78, 5) is 18.8. The number of rotatable bonds is 15. The largest absolute Gasteiger partial charge is 0.456 e. The number of amides is 1. The van der Waals surface area contributed by atoms with Gasteiger partial charge in [0, 0.05) is 78.2 Å². The van der Waals surface area contributed by atoms with E-state index in [0.29, 0.717) is 31.7 Å². The third-order valence-electron chi connectivity index (χ3n) is 10.0. The normalized spacial score (nSPS) is 14.5. The van der Waals surface area contributed by atoms with Gasteiger partial charge in [0.15, 0.2) is 0 Å². The molecule has 3 aliphatic rings. The Hall–Kier alpha value is -3.80. The van der Waals surface area contributed by atoms with Crippen LogP contribution in [0.3, 0.4) is 0 Å². The number of hydrogen-bond donors (Lipinski definition) is 0. The lowest BCUT2D eigenvalue weighted by atomic mass is 9.90. The lowest BCUT2D eigenvalue weighted by Crippen LogP contribution is -2.42. The van der Waals surface area contributed by atoms with Gasteiger partial charge in [-0.2, -0.15) is 5.26 Å². The lowest BCUT2D eigenvalue weighted by Gasteiger charge is -2.39. The molecule has 52 heavy (non-hydrogen) atoms. The molecule has 0 aromatic heterocycles. The lowest BCUT2D eigenvalue weighted by molar-refractivity contribution is 0.0544. The molecule has 1 amide bonds. The summed E-state index contributed by atoms with van der Waals surface area (Å²) in [6.07, 6.45) is 1.73. The topological polar surface area (TPSA) is 85.2 Å². The summed E-state index contributed by atoms with van der Waals surface area (Å²) in [5.41, 5.74) is 5.50. The van der Waals surface area contributed by atoms with Crippen LogP contribution in [-0.4, -0.2) is 79.5 Å². The van der Waals surface area contributed by atoms with Crippen LogP contribution in [0.4, 0.5) is 5.69 Å². The Morgan fingerprint density at radius 1 is 0.962 bits per heavy atom. The van der Waals surface area contributed by atoms with E-state index in [1.165, 1.54) is 0 Å². The van der Waals surface area contributed by atoms with E-state index in [9.17, 15) is 4.79 Å². The molecule has 2 aromatic carbocycles. The quantitative estimate of drug-likeness (QED) is 0.0524. The summed E-state index contributed by atoms with van der Waals surface area (Å²) in [7, 11) is -1.33. The summed E-state index contributed by atoms with van der Waals surface area (Å²) in [6.45, 7) is 22.4. The standard InChI is InChI=1S/C42H57N5O4P/c1-9-44(10-2)32-18-20-37-39(28-32)50-40-29-33(45(11-3)12-4)19-21-38(40)41(37)35-16-13-14-17-36(35)42(48)46-25-22-34(23-26-46)51-52(49-27-15-24-43)47(30(5)6)31(7)8/h13-14,16-21,28-31,34H,9-12,15,22-23,25-27H2,1-8H3/q+1. The second kappa shape index (κ2) is 18.3. The van der Waals surface area contributed by atoms with Gasteiger partial charge in [0.2, 0.25) is 5.36 Å². The van der Waals surface area contributed by atoms with Crippen LogP contribution in [0.1, 0.15) is 85.0 Å². The van der Waals surface area contributed by atoms with Gasteiger partial charge >= 0.3 is 0 Å². The van der Waals surface area contributed by atoms with E-state index in [1.54, 1.807) is 0 Å². The minimum absolute atomic E-state index is 0.0224. The maximum atomic E-state index is 14.5. The average Bonchev–Trinajstić information content (AvgIpc) is 3.14. The molecule has 2 aliphatic heterocycles. The predicted octanol–water partition coefficient (Wildman–Crippen LogP) is 8.76. The van der Waals surface area contributed by atoms with Crippen LogP contribution in [0.2, 0.25) is 0 Å². The van der Waals surface area contributed by atoms with Gasteiger partial charge in [-0.1, -0.05) is 18.2 Å². The molecule has 1 atom stereocenters. The Balaban J connectivity index is 1.50. The molecule has 0 radical (unpaired) electrons. The third-order valence-corrected chi connectivity index (χ3v) is 12.2. The van der Waals surface area contributed by atoms with Gasteiger partial charge in [0.05, 0.1) is 31.3 Å². The van der Waals surface area contributed by atoms with Gasteiger partial charge in [-0.05, 0) is 98.1 Å². The van der Waals surface area contributed by atoms with Crippen molar-refractivity contribution >= 4 is 31.1 Å². The van der Waals surface area contributed by atoms with Gasteiger partial charge in [0.1, 0.15) is 24.4 Å². The number of benzene rings is 3. The van der Waals surface area contributed by atoms with Crippen LogP contribution in [0, 0.1) is 11.3 Å². The summed E-state index contributed by atoms with van der Waals surface area (Å²) in [5, 5.41) is 11.2. The molecule has 278 valence electrons. The van der Waals surface area contributed by atoms with Crippen molar-refractivity contribution in [3.8, 4) is 28.5 Å². The molecule has 1 aliphatic carbocycles. The van der Waals surface area contributed by atoms with Crippen molar-refractivity contribution in [2.45, 2.75) is 92.8 Å². The Kier molecular flexibility index (Phi) is 13.9. The summed E-state index contributed by atoms with van der Waals surface area (Å²) in [6, 6.07) is 23.6. The first-order valence-corrected chi connectivity index (χ1v) is 20.3. The fourth-order valence-corrected chi connectivity index (χ4v) is 9.14. The van der Waals surface area contributed by atoms with Crippen molar-refractivity contribution in [2.75, 3.05) is 50.8 Å². The average molecular weight is 727 g/mol. The number of hydrogen-bond acceptors (Lipinski definition) is 7. The molecule has 2 aromatic rings. The number of nitriles is 1. The molecule has 0 saturated carbocycles. The maximum absolute atomic E-state index is 14.5. The Labute approximate surface area is 311 Å². The highest BCUT2D eigenvalue weighted by Crippen LogP contribution is 2.48. The van der Waals surface area contributed by atoms with E-state index >= 15 is 0 Å². The molecule has 5 rings (SSSR count). The Bertz CT molecular complexity index is 1870. The minimum Gasteiger partial charge on any atom is -0.456 e. The van der Waals surface area contributed by atoms with Crippen molar-refractivity contribution in [3.05, 3.63) is 71.6 Å². The van der Waals surface area contributed by atoms with Crippen LogP contribution in [-0.2, 0) is 9.05 Å². The number of carbonyl (C=O) groups excluding carboxylic acids is 1. The third kappa shape index (κ3) is 8.69. The molecule has 0 bridgehead atoms. The van der Waals surface area contributed by atoms with E-state index in [1.807, 2.05) is 23.1 Å². The molecule has 10 heteroatoms. The molecule has 1 saturated heterocycles. The highest BCUT2D eigenvalue weighted by atomic mass is 31.2. The SMILES string of the molecule is CCN(CC)c1ccc2c(-c3ccccc3C(=O)N3CCC(OP(OCCC#N)N(C(C)C)C(C)C)CC3)c3ccc(=[N+](CC)CC)cc-3oc2c1. The number of nitrogens with zero attached hydrogens (tertiary/aromatic N) is 5. The first-order chi connectivity index (χ1) is 25.1. The van der Waals surface area contributed by atoms with Crippen molar-refractivity contribution in [1.82, 2.24) is 14.1 Å². The van der Waals surface area contributed by atoms with Crippen molar-refractivity contribution in [2.24, 2.45) is 0 Å². The molecular formula is C42H57N5O4P+. The fourth-order valence-electron chi connectivity index (χ4n) is 7.37. The number of piperidine rings is 1. The van der Waals surface area contributed by atoms with Gasteiger partial charge in [-0.3, -0.25) is 4.79 Å². The highest BCUT2D eigenvalue weighted by molar-refractivity contribution is 7.44. The molecule has 0 spiro atoms. The Morgan fingerprint density at radius 3 is 2.29 bits per heavy atom. The molecular weight excluding hydrogens is 669 g/mol. The van der Waals surface area contributed by atoms with E-state index in [4.69, 9.17) is 18.7 Å². The summed E-state index contributed by atoms with van der Waals surface area (Å²) < 4.78 is 24.1. The zero-order valence-electron chi connectivity index (χ0n) is 32.4. The number of carbonyl (C=O) groups is 1. The summed E-state index contributed by atoms with van der Waals surface area (Å²) in [5.74, 6) is 0.823. The van der Waals surface area contributed by atoms with Crippen LogP contribution >= 0.6 is 8.53 Å². The molecule has 1 unspecified atom stereocenters. The molecule has 9 nitrogen and oxygen atoms in total. The van der Waals surface area contributed by atoms with Crippen LogP contribution in [0.15, 0.2) is 65.1 Å². The number of fused-ring (bicyclic) bond motifs is 2. The Morgan fingerprint density at radius 2 is 1.65 bits per heavy atom. The van der Waals surface area contributed by atoms with Crippen LogP contribution in [0.25, 0.3) is 33.4 Å². The van der Waals surface area contributed by atoms with Gasteiger partial charge in [-0.25, -0.2) is 9.25 Å². The zero-order chi connectivity index (χ0) is 37.4. The van der Waals surface area contributed by atoms with Crippen molar-refractivity contribution in [3.63, 3.8) is 0 Å². The van der Waals surface area contributed by atoms with Gasteiger partial charge in [0.25, 0.3) is 14.4 Å². The highest BCUT2D eigenvalue weighted by Gasteiger charge is 2.33. The zero-order valence-corrected chi connectivity index (χ0v) is 33.3. The van der Waals surface area contributed by atoms with Crippen LogP contribution in [0.5, 0.6) is 0 Å². The molecule has 1 fully saturated rings. The van der Waals surface area contributed by atoms with Crippen molar-refractivity contribution in [1.29, 1.82) is 5.26 Å². The maximum Gasteiger partial charge on any atom is 0.259 e. The molecule has 2 heterocycles. The van der Waals surface area contributed by atoms with Crippen LogP contribution < -0.4 is 14.8 Å². The van der Waals surface area contributed by atoms with E-state index in [2.05, 4.69) is 118 Å². The first kappa shape index (κ1) is 39.4. The van der Waals surface area contributed by atoms with Crippen molar-refractivity contribution < 1.29 is 18.3 Å². The summed E-state index contributed by atoms with van der Waals surface area (Å²) >= 11 is 0. The number of anilines is 1. The van der Waals surface area contributed by atoms with Gasteiger partial charge in [-0.15, -0.1) is 0 Å². The predicted molar refractivity (Wildman–Crippen MR) is 213 cm³/mol. The van der Waals surface area contributed by atoms with E-state index < -0.39 is 8.53 Å².